The molecule has 3 rings (SSSR count). The highest BCUT2D eigenvalue weighted by Gasteiger charge is 2.15. The lowest BCUT2D eigenvalue weighted by Crippen LogP contribution is -2.20. The predicted molar refractivity (Wildman–Crippen MR) is 127 cm³/mol. The molecule has 2 amide bonds. The second-order valence-electron chi connectivity index (χ2n) is 7.63. The largest absolute Gasteiger partial charge is 0.325 e. The van der Waals surface area contributed by atoms with Gasteiger partial charge in [-0.2, -0.15) is 0 Å². The van der Waals surface area contributed by atoms with Crippen LogP contribution in [0.2, 0.25) is 0 Å². The van der Waals surface area contributed by atoms with Crippen molar-refractivity contribution in [2.45, 2.75) is 32.9 Å². The number of benzene rings is 2. The van der Waals surface area contributed by atoms with E-state index in [0.717, 1.165) is 22.9 Å². The standard InChI is InChI=1S/C23H25N5O3S/c1-13(2)21(30)25-18-8-6-5-7-17(18)20-22(31)26-23(28-27-20)32-12-19(29)24-16-10-9-14(3)15(4)11-16/h5-11,13H,12H2,1-4H3,(H,24,29)(H,25,30)(H,26,28,31). The van der Waals surface area contributed by atoms with Crippen LogP contribution in [0, 0.1) is 19.8 Å². The van der Waals surface area contributed by atoms with Crippen molar-refractivity contribution in [2.75, 3.05) is 16.4 Å². The SMILES string of the molecule is Cc1ccc(NC(=O)CSc2nnc(-c3ccccc3NC(=O)C(C)C)c(=O)[nH]2)cc1C. The van der Waals surface area contributed by atoms with Gasteiger partial charge < -0.3 is 10.6 Å². The van der Waals surface area contributed by atoms with Crippen LogP contribution in [0.4, 0.5) is 11.4 Å². The Morgan fingerprint density at radius 3 is 2.47 bits per heavy atom. The molecule has 0 fully saturated rings. The first-order valence-electron chi connectivity index (χ1n) is 10.1. The normalized spacial score (nSPS) is 10.8. The number of nitrogens with one attached hydrogen (secondary N) is 3. The summed E-state index contributed by atoms with van der Waals surface area (Å²) in [5.41, 5.74) is 3.55. The van der Waals surface area contributed by atoms with Crippen molar-refractivity contribution in [3.05, 3.63) is 63.9 Å². The van der Waals surface area contributed by atoms with Crippen molar-refractivity contribution in [2.24, 2.45) is 5.92 Å². The van der Waals surface area contributed by atoms with Gasteiger partial charge in [0.25, 0.3) is 5.56 Å². The zero-order valence-corrected chi connectivity index (χ0v) is 19.2. The first kappa shape index (κ1) is 23.2. The molecule has 0 bridgehead atoms. The second-order valence-corrected chi connectivity index (χ2v) is 8.60. The molecule has 166 valence electrons. The van der Waals surface area contributed by atoms with Crippen molar-refractivity contribution >= 4 is 35.0 Å². The Bertz CT molecular complexity index is 1210. The van der Waals surface area contributed by atoms with E-state index in [-0.39, 0.29) is 34.3 Å². The smallest absolute Gasteiger partial charge is 0.278 e. The van der Waals surface area contributed by atoms with Gasteiger partial charge in [0, 0.05) is 17.2 Å². The summed E-state index contributed by atoms with van der Waals surface area (Å²) in [5, 5.41) is 14.0. The van der Waals surface area contributed by atoms with E-state index in [4.69, 9.17) is 0 Å². The van der Waals surface area contributed by atoms with Gasteiger partial charge in [-0.05, 0) is 43.2 Å². The van der Waals surface area contributed by atoms with Gasteiger partial charge in [-0.15, -0.1) is 10.2 Å². The maximum absolute atomic E-state index is 12.6. The van der Waals surface area contributed by atoms with Crippen molar-refractivity contribution in [3.63, 3.8) is 0 Å². The third-order valence-electron chi connectivity index (χ3n) is 4.77. The molecular weight excluding hydrogens is 426 g/mol. The van der Waals surface area contributed by atoms with Crippen LogP contribution in [0.5, 0.6) is 0 Å². The summed E-state index contributed by atoms with van der Waals surface area (Å²) in [6.45, 7) is 7.56. The maximum Gasteiger partial charge on any atom is 0.278 e. The van der Waals surface area contributed by atoms with E-state index in [1.807, 2.05) is 32.0 Å². The van der Waals surface area contributed by atoms with Gasteiger partial charge in [-0.1, -0.05) is 49.9 Å². The molecule has 0 saturated heterocycles. The number of para-hydroxylation sites is 1. The molecule has 0 aliphatic heterocycles. The van der Waals surface area contributed by atoms with Crippen LogP contribution >= 0.6 is 11.8 Å². The number of aryl methyl sites for hydroxylation is 2. The first-order chi connectivity index (χ1) is 15.2. The molecule has 2 aromatic carbocycles. The molecule has 8 nitrogen and oxygen atoms in total. The summed E-state index contributed by atoms with van der Waals surface area (Å²) in [7, 11) is 0. The topological polar surface area (TPSA) is 117 Å². The van der Waals surface area contributed by atoms with Gasteiger partial charge in [0.15, 0.2) is 10.9 Å². The van der Waals surface area contributed by atoms with Crippen molar-refractivity contribution in [1.29, 1.82) is 0 Å². The van der Waals surface area contributed by atoms with Gasteiger partial charge >= 0.3 is 0 Å². The number of anilines is 2. The van der Waals surface area contributed by atoms with Crippen LogP contribution < -0.4 is 16.2 Å². The number of hydrogen-bond donors (Lipinski definition) is 3. The van der Waals surface area contributed by atoms with E-state index in [1.165, 1.54) is 0 Å². The number of carbonyl (C=O) groups is 2. The number of carbonyl (C=O) groups excluding carboxylic acids is 2. The second kappa shape index (κ2) is 10.2. The summed E-state index contributed by atoms with van der Waals surface area (Å²) in [5.74, 6) is -0.519. The number of hydrogen-bond acceptors (Lipinski definition) is 6. The van der Waals surface area contributed by atoms with Gasteiger partial charge in [0.05, 0.1) is 11.4 Å². The number of H-pyrrole nitrogens is 1. The van der Waals surface area contributed by atoms with E-state index < -0.39 is 5.56 Å². The van der Waals surface area contributed by atoms with Crippen LogP contribution in [0.25, 0.3) is 11.3 Å². The molecule has 0 saturated carbocycles. The van der Waals surface area contributed by atoms with Crippen molar-refractivity contribution in [3.8, 4) is 11.3 Å². The molecule has 32 heavy (non-hydrogen) atoms. The monoisotopic (exact) mass is 451 g/mol. The molecule has 1 heterocycles. The summed E-state index contributed by atoms with van der Waals surface area (Å²) in [4.78, 5) is 39.6. The molecule has 3 aromatic rings. The minimum atomic E-state index is -0.455. The first-order valence-corrected chi connectivity index (χ1v) is 11.1. The Morgan fingerprint density at radius 2 is 1.78 bits per heavy atom. The van der Waals surface area contributed by atoms with Crippen LogP contribution in [0.15, 0.2) is 52.4 Å². The summed E-state index contributed by atoms with van der Waals surface area (Å²) < 4.78 is 0. The van der Waals surface area contributed by atoms with E-state index in [0.29, 0.717) is 16.9 Å². The Hall–Kier alpha value is -3.46. The average Bonchev–Trinajstić information content (AvgIpc) is 2.75. The summed E-state index contributed by atoms with van der Waals surface area (Å²) in [6.07, 6.45) is 0. The maximum atomic E-state index is 12.6. The van der Waals surface area contributed by atoms with E-state index in [1.54, 1.807) is 38.1 Å². The van der Waals surface area contributed by atoms with Gasteiger partial charge in [-0.25, -0.2) is 0 Å². The van der Waals surface area contributed by atoms with Crippen molar-refractivity contribution in [1.82, 2.24) is 15.2 Å². The highest BCUT2D eigenvalue weighted by molar-refractivity contribution is 7.99. The highest BCUT2D eigenvalue weighted by atomic mass is 32.2. The molecule has 0 atom stereocenters. The Kier molecular flexibility index (Phi) is 7.42. The van der Waals surface area contributed by atoms with Gasteiger partial charge in [-0.3, -0.25) is 19.4 Å². The fraction of sp³-hybridized carbons (Fsp3) is 0.261. The van der Waals surface area contributed by atoms with Crippen LogP contribution in [0.3, 0.4) is 0 Å². The molecule has 0 spiro atoms. The van der Waals surface area contributed by atoms with Crippen LogP contribution in [-0.4, -0.2) is 32.7 Å². The Balaban J connectivity index is 1.69. The highest BCUT2D eigenvalue weighted by Crippen LogP contribution is 2.24. The van der Waals surface area contributed by atoms with Gasteiger partial charge in [0.1, 0.15) is 0 Å². The molecule has 9 heteroatoms. The van der Waals surface area contributed by atoms with Gasteiger partial charge in [0.2, 0.25) is 11.8 Å². The molecule has 3 N–H and O–H groups in total. The number of rotatable bonds is 7. The molecular formula is C23H25N5O3S. The minimum Gasteiger partial charge on any atom is -0.325 e. The fourth-order valence-corrected chi connectivity index (χ4v) is 3.39. The third kappa shape index (κ3) is 5.82. The quantitative estimate of drug-likeness (QED) is 0.471. The van der Waals surface area contributed by atoms with Crippen LogP contribution in [0.1, 0.15) is 25.0 Å². The number of amides is 2. The zero-order chi connectivity index (χ0) is 23.3. The fourth-order valence-electron chi connectivity index (χ4n) is 2.79. The molecule has 0 aliphatic rings. The molecule has 0 radical (unpaired) electrons. The lowest BCUT2D eigenvalue weighted by atomic mass is 10.1. The zero-order valence-electron chi connectivity index (χ0n) is 18.4. The van der Waals surface area contributed by atoms with E-state index >= 15 is 0 Å². The number of nitrogens with zero attached hydrogens (tertiary/aromatic N) is 2. The third-order valence-corrected chi connectivity index (χ3v) is 5.64. The van der Waals surface area contributed by atoms with Crippen LogP contribution in [-0.2, 0) is 9.59 Å². The molecule has 0 aliphatic carbocycles. The number of aromatic amines is 1. The summed E-state index contributed by atoms with van der Waals surface area (Å²) in [6, 6.07) is 12.6. The lowest BCUT2D eigenvalue weighted by Gasteiger charge is -2.11. The van der Waals surface area contributed by atoms with Crippen molar-refractivity contribution < 1.29 is 9.59 Å². The minimum absolute atomic E-state index is 0.0674. The average molecular weight is 452 g/mol. The predicted octanol–water partition coefficient (Wildman–Crippen LogP) is 3.77. The number of thioether (sulfide) groups is 1. The molecule has 1 aromatic heterocycles. The molecule has 0 unspecified atom stereocenters. The van der Waals surface area contributed by atoms with E-state index in [9.17, 15) is 14.4 Å². The lowest BCUT2D eigenvalue weighted by molar-refractivity contribution is -0.119. The summed E-state index contributed by atoms with van der Waals surface area (Å²) >= 11 is 1.08. The number of aromatic nitrogens is 3. The Morgan fingerprint density at radius 1 is 1.03 bits per heavy atom. The Labute approximate surface area is 190 Å². The van der Waals surface area contributed by atoms with E-state index in [2.05, 4.69) is 25.8 Å².